The maximum atomic E-state index is 12.6. The number of likely N-dealkylation sites (tertiary alicyclic amines) is 1. The van der Waals surface area contributed by atoms with Crippen molar-refractivity contribution in [2.75, 3.05) is 13.6 Å². The molecule has 2 aromatic rings. The summed E-state index contributed by atoms with van der Waals surface area (Å²) in [7, 11) is 1.33. The van der Waals surface area contributed by atoms with Crippen LogP contribution in [0, 0.1) is 0 Å². The summed E-state index contributed by atoms with van der Waals surface area (Å²) in [6.07, 6.45) is -0.918. The van der Waals surface area contributed by atoms with Gasteiger partial charge in [0.25, 0.3) is 0 Å². The first kappa shape index (κ1) is 24.6. The molecule has 1 aliphatic heterocycles. The van der Waals surface area contributed by atoms with E-state index in [1.165, 1.54) is 24.9 Å². The Labute approximate surface area is 196 Å². The molecule has 0 bridgehead atoms. The first-order valence-corrected chi connectivity index (χ1v) is 10.7. The van der Waals surface area contributed by atoms with Crippen LogP contribution in [0.2, 0.25) is 0 Å². The summed E-state index contributed by atoms with van der Waals surface area (Å²) in [5.74, 6) is -1.51. The van der Waals surface area contributed by atoms with Crippen molar-refractivity contribution in [2.24, 2.45) is 0 Å². The van der Waals surface area contributed by atoms with Gasteiger partial charge in [-0.05, 0) is 36.6 Å². The van der Waals surface area contributed by atoms with Gasteiger partial charge >= 0.3 is 24.1 Å². The minimum atomic E-state index is -1.15. The van der Waals surface area contributed by atoms with E-state index in [1.54, 1.807) is 18.2 Å². The van der Waals surface area contributed by atoms with E-state index in [2.05, 4.69) is 0 Å². The third kappa shape index (κ3) is 6.25. The molecule has 0 aliphatic carbocycles. The predicted molar refractivity (Wildman–Crippen MR) is 119 cm³/mol. The van der Waals surface area contributed by atoms with Gasteiger partial charge in [0.15, 0.2) is 0 Å². The Balaban J connectivity index is 1.50. The van der Waals surface area contributed by atoms with Crippen molar-refractivity contribution in [2.45, 2.75) is 38.6 Å². The molecule has 0 spiro atoms. The number of hydrogen-bond donors (Lipinski definition) is 1. The summed E-state index contributed by atoms with van der Waals surface area (Å²) in [4.78, 5) is 50.2. The van der Waals surface area contributed by atoms with Crippen LogP contribution in [-0.4, -0.2) is 64.7 Å². The lowest BCUT2D eigenvalue weighted by Crippen LogP contribution is -2.56. The van der Waals surface area contributed by atoms with Crippen LogP contribution in [-0.2, 0) is 32.3 Å². The Hall–Kier alpha value is -4.08. The van der Waals surface area contributed by atoms with Gasteiger partial charge in [-0.25, -0.2) is 19.2 Å². The average Bonchev–Trinajstić information content (AvgIpc) is 2.80. The Kier molecular flexibility index (Phi) is 8.07. The summed E-state index contributed by atoms with van der Waals surface area (Å²) < 4.78 is 15.8. The van der Waals surface area contributed by atoms with Crippen LogP contribution in [0.25, 0.3) is 0 Å². The fourth-order valence-electron chi connectivity index (χ4n) is 3.11. The Morgan fingerprint density at radius 3 is 2.35 bits per heavy atom. The Morgan fingerprint density at radius 2 is 1.71 bits per heavy atom. The molecule has 2 aromatic carbocycles. The zero-order chi connectivity index (χ0) is 24.7. The van der Waals surface area contributed by atoms with E-state index in [-0.39, 0.29) is 19.0 Å². The number of aliphatic carboxylic acids is 1. The normalized spacial score (nSPS) is 15.5. The number of carboxylic acid groups (broad SMARTS) is 1. The van der Waals surface area contributed by atoms with Gasteiger partial charge in [0.05, 0.1) is 0 Å². The summed E-state index contributed by atoms with van der Waals surface area (Å²) in [5.41, 5.74) is 1.39. The highest BCUT2D eigenvalue weighted by molar-refractivity contribution is 5.84. The van der Waals surface area contributed by atoms with Crippen LogP contribution in [0.1, 0.15) is 24.5 Å². The Bertz CT molecular complexity index is 1040. The summed E-state index contributed by atoms with van der Waals surface area (Å²) >= 11 is 0. The van der Waals surface area contributed by atoms with E-state index >= 15 is 0 Å². The largest absolute Gasteiger partial charge is 0.480 e. The van der Waals surface area contributed by atoms with Crippen molar-refractivity contribution >= 4 is 24.1 Å². The minimum Gasteiger partial charge on any atom is -0.480 e. The first-order valence-electron chi connectivity index (χ1n) is 10.7. The second-order valence-electron chi connectivity index (χ2n) is 7.79. The van der Waals surface area contributed by atoms with Gasteiger partial charge < -0.3 is 19.3 Å². The van der Waals surface area contributed by atoms with E-state index in [9.17, 15) is 19.2 Å². The zero-order valence-corrected chi connectivity index (χ0v) is 18.9. The van der Waals surface area contributed by atoms with Gasteiger partial charge in [-0.3, -0.25) is 9.80 Å². The average molecular weight is 470 g/mol. The molecule has 0 radical (unpaired) electrons. The first-order chi connectivity index (χ1) is 16.3. The number of nitrogens with zero attached hydrogens (tertiary/aromatic N) is 2. The van der Waals surface area contributed by atoms with Gasteiger partial charge in [-0.15, -0.1) is 0 Å². The van der Waals surface area contributed by atoms with Crippen LogP contribution in [0.3, 0.4) is 0 Å². The lowest BCUT2D eigenvalue weighted by atomic mass is 10.0. The highest BCUT2D eigenvalue weighted by Gasteiger charge is 2.40. The summed E-state index contributed by atoms with van der Waals surface area (Å²) in [6.45, 7) is 1.73. The minimum absolute atomic E-state index is 0.110. The van der Waals surface area contributed by atoms with E-state index in [0.29, 0.717) is 18.5 Å². The topological polar surface area (TPSA) is 123 Å². The smallest absolute Gasteiger partial charge is 0.410 e. The lowest BCUT2D eigenvalue weighted by Gasteiger charge is -2.37. The molecule has 1 saturated heterocycles. The number of carbonyl (C=O) groups excluding carboxylic acids is 3. The fraction of sp³-hybridized carbons (Fsp3) is 0.333. The van der Waals surface area contributed by atoms with Crippen molar-refractivity contribution in [1.82, 2.24) is 9.80 Å². The number of carbonyl (C=O) groups is 4. The number of hydrogen-bond acceptors (Lipinski definition) is 7. The number of carboxylic acids is 1. The predicted octanol–water partition coefficient (Wildman–Crippen LogP) is 3.04. The second-order valence-corrected chi connectivity index (χ2v) is 7.79. The molecule has 34 heavy (non-hydrogen) atoms. The van der Waals surface area contributed by atoms with Crippen molar-refractivity contribution in [3.8, 4) is 5.75 Å². The standard InChI is InChI=1S/C24H26N2O8/c1-16(21(27)28)25(2)23(30)32-15-18-9-6-10-19(13-18)34-22(29)20-11-12-26(20)24(31)33-14-17-7-4-3-5-8-17/h3-10,13,16,20H,11-12,14-15H2,1-2H3,(H,27,28)/t16-,20-/m0/s1. The monoisotopic (exact) mass is 470 g/mol. The Morgan fingerprint density at radius 1 is 1.03 bits per heavy atom. The third-order valence-corrected chi connectivity index (χ3v) is 5.44. The van der Waals surface area contributed by atoms with Gasteiger partial charge in [0.1, 0.15) is 31.0 Å². The number of rotatable bonds is 8. The van der Waals surface area contributed by atoms with E-state index in [1.807, 2.05) is 30.3 Å². The maximum Gasteiger partial charge on any atom is 0.410 e. The molecule has 2 amide bonds. The molecule has 1 aliphatic rings. The van der Waals surface area contributed by atoms with E-state index in [4.69, 9.17) is 19.3 Å². The van der Waals surface area contributed by atoms with Crippen LogP contribution in [0.15, 0.2) is 54.6 Å². The molecule has 3 rings (SSSR count). The highest BCUT2D eigenvalue weighted by Crippen LogP contribution is 2.23. The molecule has 0 unspecified atom stereocenters. The molecule has 0 saturated carbocycles. The quantitative estimate of drug-likeness (QED) is 0.461. The third-order valence-electron chi connectivity index (χ3n) is 5.44. The molecule has 10 heteroatoms. The van der Waals surface area contributed by atoms with Gasteiger partial charge in [-0.2, -0.15) is 0 Å². The molecule has 1 fully saturated rings. The zero-order valence-electron chi connectivity index (χ0n) is 18.9. The fourth-order valence-corrected chi connectivity index (χ4v) is 3.11. The van der Waals surface area contributed by atoms with Crippen LogP contribution in [0.5, 0.6) is 5.75 Å². The van der Waals surface area contributed by atoms with E-state index in [0.717, 1.165) is 10.5 Å². The number of ether oxygens (including phenoxy) is 3. The van der Waals surface area contributed by atoms with Crippen LogP contribution < -0.4 is 4.74 Å². The van der Waals surface area contributed by atoms with E-state index < -0.39 is 36.2 Å². The SMILES string of the molecule is C[C@@H](C(=O)O)N(C)C(=O)OCc1cccc(OC(=O)[C@@H]2CCN2C(=O)OCc2ccccc2)c1. The van der Waals surface area contributed by atoms with Gasteiger partial charge in [0, 0.05) is 13.6 Å². The molecule has 1 N–H and O–H groups in total. The molecule has 10 nitrogen and oxygen atoms in total. The maximum absolute atomic E-state index is 12.6. The van der Waals surface area contributed by atoms with Crippen molar-refractivity contribution in [3.63, 3.8) is 0 Å². The molecule has 2 atom stereocenters. The van der Waals surface area contributed by atoms with Crippen molar-refractivity contribution < 1.29 is 38.5 Å². The molecular formula is C24H26N2O8. The van der Waals surface area contributed by atoms with Gasteiger partial charge in [0.2, 0.25) is 0 Å². The highest BCUT2D eigenvalue weighted by atomic mass is 16.6. The molecule has 1 heterocycles. The van der Waals surface area contributed by atoms with Crippen molar-refractivity contribution in [3.05, 3.63) is 65.7 Å². The second kappa shape index (κ2) is 11.2. The molecule has 180 valence electrons. The molecular weight excluding hydrogens is 444 g/mol. The number of likely N-dealkylation sites (N-methyl/N-ethyl adjacent to an activating group) is 1. The number of benzene rings is 2. The summed E-state index contributed by atoms with van der Waals surface area (Å²) in [5, 5.41) is 8.98. The van der Waals surface area contributed by atoms with Crippen molar-refractivity contribution in [1.29, 1.82) is 0 Å². The lowest BCUT2D eigenvalue weighted by molar-refractivity contribution is -0.144. The number of amides is 2. The van der Waals surface area contributed by atoms with Crippen LogP contribution >= 0.6 is 0 Å². The van der Waals surface area contributed by atoms with Crippen LogP contribution in [0.4, 0.5) is 9.59 Å². The van der Waals surface area contributed by atoms with Gasteiger partial charge in [-0.1, -0.05) is 42.5 Å². The summed E-state index contributed by atoms with van der Waals surface area (Å²) in [6, 6.07) is 13.8. The number of esters is 1. The molecule has 0 aromatic heterocycles.